The van der Waals surface area contributed by atoms with Crippen LogP contribution in [0, 0.1) is 13.8 Å². The van der Waals surface area contributed by atoms with Gasteiger partial charge in [-0.3, -0.25) is 0 Å². The third kappa shape index (κ3) is 2.42. The van der Waals surface area contributed by atoms with Crippen molar-refractivity contribution in [3.8, 4) is 0 Å². The fourth-order valence-electron chi connectivity index (χ4n) is 2.47. The summed E-state index contributed by atoms with van der Waals surface area (Å²) in [5.41, 5.74) is 8.42. The first-order valence-corrected chi connectivity index (χ1v) is 6.10. The summed E-state index contributed by atoms with van der Waals surface area (Å²) in [5, 5.41) is 0. The Morgan fingerprint density at radius 2 is 1.56 bits per heavy atom. The topological polar surface area (TPSA) is 0 Å². The van der Waals surface area contributed by atoms with Gasteiger partial charge in [0.2, 0.25) is 0 Å². The predicted molar refractivity (Wildman–Crippen MR) is 73.9 cm³/mol. The minimum Gasteiger partial charge on any atom is -0.0622 e. The Labute approximate surface area is 128 Å². The van der Waals surface area contributed by atoms with Gasteiger partial charge in [0.1, 0.15) is 0 Å². The number of hydrogen-bond donors (Lipinski definition) is 0. The average molecular weight is 312 g/mol. The second kappa shape index (κ2) is 5.37. The summed E-state index contributed by atoms with van der Waals surface area (Å²) in [6, 6.07) is 15.3. The molecule has 0 atom stereocenters. The van der Waals surface area contributed by atoms with Gasteiger partial charge in [0.25, 0.3) is 0 Å². The van der Waals surface area contributed by atoms with E-state index >= 15 is 0 Å². The second-order valence-corrected chi connectivity index (χ2v) is 4.85. The zero-order valence-corrected chi connectivity index (χ0v) is 13.3. The van der Waals surface area contributed by atoms with E-state index in [4.69, 9.17) is 0 Å². The molecule has 3 rings (SSSR count). The van der Waals surface area contributed by atoms with Crippen molar-refractivity contribution < 1.29 is 26.2 Å². The van der Waals surface area contributed by atoms with Gasteiger partial charge in [-0.1, -0.05) is 48.5 Å². The van der Waals surface area contributed by atoms with Crippen LogP contribution in [0.4, 0.5) is 0 Å². The Hall–Kier alpha value is -0.937. The number of fused-ring (bicyclic) bond motifs is 1. The molecule has 0 amide bonds. The van der Waals surface area contributed by atoms with E-state index in [0.29, 0.717) is 0 Å². The summed E-state index contributed by atoms with van der Waals surface area (Å²) in [5.74, 6) is 0. The molecule has 0 heterocycles. The van der Waals surface area contributed by atoms with Gasteiger partial charge in [0.15, 0.2) is 0 Å². The molecule has 0 aliphatic heterocycles. The van der Waals surface area contributed by atoms with E-state index in [1.54, 1.807) is 0 Å². The van der Waals surface area contributed by atoms with Gasteiger partial charge < -0.3 is 0 Å². The van der Waals surface area contributed by atoms with Crippen molar-refractivity contribution in [3.05, 3.63) is 70.3 Å². The predicted octanol–water partition coefficient (Wildman–Crippen LogP) is 4.40. The largest absolute Gasteiger partial charge is 0.0622 e. The third-order valence-electron chi connectivity index (χ3n) is 3.61. The monoisotopic (exact) mass is 310 g/mol. The maximum Gasteiger partial charge on any atom is 0 e. The number of benzene rings is 2. The van der Waals surface area contributed by atoms with Crippen LogP contribution < -0.4 is 0 Å². The van der Waals surface area contributed by atoms with Crippen molar-refractivity contribution in [2.45, 2.75) is 20.3 Å². The molecule has 1 heteroatoms. The van der Waals surface area contributed by atoms with E-state index in [-0.39, 0.29) is 26.2 Å². The van der Waals surface area contributed by atoms with Crippen LogP contribution in [-0.4, -0.2) is 0 Å². The number of allylic oxidation sites excluding steroid dienone is 1. The molecule has 0 aromatic heterocycles. The molecule has 0 spiro atoms. The van der Waals surface area contributed by atoms with Crippen molar-refractivity contribution in [3.63, 3.8) is 0 Å². The fraction of sp³-hybridized carbons (Fsp3) is 0.176. The summed E-state index contributed by atoms with van der Waals surface area (Å²) >= 11 is 0. The molecule has 0 fully saturated rings. The zero-order valence-electron chi connectivity index (χ0n) is 10.8. The summed E-state index contributed by atoms with van der Waals surface area (Å²) in [7, 11) is 0. The second-order valence-electron chi connectivity index (χ2n) is 4.85. The molecule has 0 unspecified atom stereocenters. The molecule has 2 aromatic carbocycles. The molecule has 0 saturated heterocycles. The molecule has 0 bridgehead atoms. The molecular formula is C17H16Zr. The van der Waals surface area contributed by atoms with E-state index in [9.17, 15) is 0 Å². The maximum absolute atomic E-state index is 2.33. The molecule has 1 aliphatic rings. The van der Waals surface area contributed by atoms with E-state index in [1.807, 2.05) is 0 Å². The number of aryl methyl sites for hydroxylation is 2. The molecule has 1 aliphatic carbocycles. The van der Waals surface area contributed by atoms with Crippen molar-refractivity contribution in [2.75, 3.05) is 0 Å². The van der Waals surface area contributed by atoms with E-state index in [0.717, 1.165) is 6.42 Å². The number of hydrogen-bond acceptors (Lipinski definition) is 0. The van der Waals surface area contributed by atoms with Gasteiger partial charge in [0.05, 0.1) is 0 Å². The Balaban J connectivity index is 0.00000120. The van der Waals surface area contributed by atoms with E-state index < -0.39 is 0 Å². The van der Waals surface area contributed by atoms with Crippen molar-refractivity contribution in [2.24, 2.45) is 0 Å². The normalized spacial score (nSPS) is 12.7. The molecule has 0 N–H and O–H groups in total. The van der Waals surface area contributed by atoms with Crippen LogP contribution >= 0.6 is 0 Å². The van der Waals surface area contributed by atoms with Crippen LogP contribution in [0.25, 0.3) is 11.6 Å². The van der Waals surface area contributed by atoms with Crippen LogP contribution in [0.5, 0.6) is 0 Å². The summed E-state index contributed by atoms with van der Waals surface area (Å²) < 4.78 is 0. The molecule has 0 saturated carbocycles. The van der Waals surface area contributed by atoms with Gasteiger partial charge in [-0.2, -0.15) is 0 Å². The maximum atomic E-state index is 2.33. The van der Waals surface area contributed by atoms with Gasteiger partial charge in [-0.05, 0) is 53.7 Å². The quantitative estimate of drug-likeness (QED) is 0.732. The fourth-order valence-corrected chi connectivity index (χ4v) is 2.47. The molecule has 0 nitrogen and oxygen atoms in total. The minimum atomic E-state index is 0. The van der Waals surface area contributed by atoms with E-state index in [1.165, 1.54) is 33.4 Å². The summed E-state index contributed by atoms with van der Waals surface area (Å²) in [4.78, 5) is 0. The molecule has 0 radical (unpaired) electrons. The van der Waals surface area contributed by atoms with Gasteiger partial charge >= 0.3 is 0 Å². The van der Waals surface area contributed by atoms with Crippen LogP contribution in [0.15, 0.2) is 42.5 Å². The Morgan fingerprint density at radius 1 is 0.889 bits per heavy atom. The molecule has 18 heavy (non-hydrogen) atoms. The Morgan fingerprint density at radius 3 is 2.28 bits per heavy atom. The SMILES string of the molecule is Cc1cc2c(cc1C)CC(c1ccccc1)=C2.[Zr]. The first-order valence-electron chi connectivity index (χ1n) is 6.10. The van der Waals surface area contributed by atoms with Gasteiger partial charge in [-0.25, -0.2) is 0 Å². The summed E-state index contributed by atoms with van der Waals surface area (Å²) in [6.07, 6.45) is 3.40. The third-order valence-corrected chi connectivity index (χ3v) is 3.61. The Kier molecular flexibility index (Phi) is 4.02. The van der Waals surface area contributed by atoms with Crippen molar-refractivity contribution >= 4 is 11.6 Å². The molecule has 2 aromatic rings. The van der Waals surface area contributed by atoms with Gasteiger partial charge in [-0.15, -0.1) is 0 Å². The van der Waals surface area contributed by atoms with Gasteiger partial charge in [0, 0.05) is 26.2 Å². The molecular weight excluding hydrogens is 295 g/mol. The molecule has 88 valence electrons. The van der Waals surface area contributed by atoms with Crippen LogP contribution in [0.1, 0.15) is 27.8 Å². The summed E-state index contributed by atoms with van der Waals surface area (Å²) in [6.45, 7) is 4.38. The number of rotatable bonds is 1. The van der Waals surface area contributed by atoms with E-state index in [2.05, 4.69) is 62.4 Å². The van der Waals surface area contributed by atoms with Crippen molar-refractivity contribution in [1.29, 1.82) is 0 Å². The van der Waals surface area contributed by atoms with Crippen LogP contribution in [0.2, 0.25) is 0 Å². The zero-order chi connectivity index (χ0) is 11.8. The van der Waals surface area contributed by atoms with Crippen molar-refractivity contribution in [1.82, 2.24) is 0 Å². The van der Waals surface area contributed by atoms with Crippen LogP contribution in [-0.2, 0) is 32.6 Å². The first-order chi connectivity index (χ1) is 8.24. The standard InChI is InChI=1S/C17H16.Zr/c1-12-8-15-10-17(11-16(15)9-13(12)2)14-6-4-3-5-7-14;/h3-10H,11H2,1-2H3;. The van der Waals surface area contributed by atoms with Crippen LogP contribution in [0.3, 0.4) is 0 Å². The first kappa shape index (κ1) is 13.5. The smallest absolute Gasteiger partial charge is 0 e. The Bertz CT molecular complexity index is 595. The minimum absolute atomic E-state index is 0. The average Bonchev–Trinajstić information content (AvgIpc) is 2.74.